The van der Waals surface area contributed by atoms with Gasteiger partial charge in [0.2, 0.25) is 0 Å². The lowest BCUT2D eigenvalue weighted by Gasteiger charge is -2.07. The molecule has 12 heteroatoms. The van der Waals surface area contributed by atoms with Gasteiger partial charge in [0.05, 0.1) is 50.7 Å². The molecule has 8 aromatic rings. The fourth-order valence-corrected chi connectivity index (χ4v) is 6.31. The van der Waals surface area contributed by atoms with E-state index in [-0.39, 0.29) is 5.56 Å². The summed E-state index contributed by atoms with van der Waals surface area (Å²) in [5, 5.41) is 8.43. The number of hydrogen-bond acceptors (Lipinski definition) is 10. The van der Waals surface area contributed by atoms with E-state index in [2.05, 4.69) is 41.4 Å². The number of nitrogens with zero attached hydrogens (tertiary/aromatic N) is 2. The molecule has 1 aromatic heterocycles. The zero-order valence-corrected chi connectivity index (χ0v) is 31.4. The van der Waals surface area contributed by atoms with Gasteiger partial charge in [-0.3, -0.25) is 4.99 Å². The zero-order chi connectivity index (χ0) is 40.9. The van der Waals surface area contributed by atoms with E-state index in [4.69, 9.17) is 55.2 Å². The molecule has 58 heavy (non-hydrogen) atoms. The van der Waals surface area contributed by atoms with Gasteiger partial charge in [-0.15, -0.1) is 0 Å². The van der Waals surface area contributed by atoms with Gasteiger partial charge in [0.1, 0.15) is 5.82 Å². The largest absolute Gasteiger partial charge is 0.478 e. The summed E-state index contributed by atoms with van der Waals surface area (Å²) < 4.78 is 0. The number of imidazole rings is 1. The van der Waals surface area contributed by atoms with Crippen LogP contribution < -0.4 is 40.1 Å². The van der Waals surface area contributed by atoms with Crippen LogP contribution in [0.1, 0.15) is 21.5 Å². The molecule has 7 aromatic carbocycles. The van der Waals surface area contributed by atoms with Gasteiger partial charge in [0.15, 0.2) is 0 Å². The van der Waals surface area contributed by atoms with E-state index in [9.17, 15) is 4.79 Å². The van der Waals surface area contributed by atoms with Crippen molar-refractivity contribution < 1.29 is 9.90 Å². The number of aromatic carboxylic acids is 1. The Hall–Kier alpha value is -8.25. The highest BCUT2D eigenvalue weighted by Gasteiger charge is 2.17. The number of carboxylic acids is 1. The van der Waals surface area contributed by atoms with E-state index in [0.717, 1.165) is 79.4 Å². The van der Waals surface area contributed by atoms with Crippen LogP contribution in [0.4, 0.5) is 45.5 Å². The first-order chi connectivity index (χ1) is 27.9. The molecule has 0 radical (unpaired) electrons. The van der Waals surface area contributed by atoms with Crippen LogP contribution >= 0.6 is 0 Å². The average Bonchev–Trinajstić information content (AvgIpc) is 3.85. The number of carboxylic acid groups (broad SMARTS) is 1. The van der Waals surface area contributed by atoms with E-state index in [0.29, 0.717) is 28.4 Å². The first-order valence-corrected chi connectivity index (χ1v) is 18.2. The summed E-state index contributed by atoms with van der Waals surface area (Å²) in [4.78, 5) is 23.3. The molecule has 0 amide bonds. The van der Waals surface area contributed by atoms with Crippen molar-refractivity contribution in [3.63, 3.8) is 0 Å². The Bertz CT molecular complexity index is 2740. The summed E-state index contributed by atoms with van der Waals surface area (Å²) in [6.45, 7) is 0. The predicted molar refractivity (Wildman–Crippen MR) is 239 cm³/mol. The highest BCUT2D eigenvalue weighted by atomic mass is 16.4. The first kappa shape index (κ1) is 38.0. The second kappa shape index (κ2) is 16.2. The molecule has 0 unspecified atom stereocenters. The third kappa shape index (κ3) is 8.66. The summed E-state index contributed by atoms with van der Waals surface area (Å²) in [6, 6.07) is 45.5. The SMILES string of the molecule is Nc1ccc(-c2ccc(N)c(N)c2)cc1N.Nc1ccc(C(=O)O)cc1.Nc1ccc(C2=Nc3cc(-c4ccc5nc(-c6ccc(N)cc6)[nH]c5c4)ccc3C2)cc1. The standard InChI is InChI=1S/C27H21N5.C12H14N4.C7H7NO2/c28-21-8-3-16(4-9-21)24-15-20-2-1-18(13-25(20)30-24)19-7-12-23-26(14-19)32-27(31-23)17-5-10-22(29)11-6-17;13-9-3-1-7(5-11(9)15)8-2-4-10(14)12(16)6-8;8-6-3-1-5(2-4-6)7(9)10/h1-14H,15,28-29H2,(H,31,32);1-6H,13-16H2;1-4H,8H2,(H,9,10). The molecule has 0 bridgehead atoms. The molecular weight excluding hydrogens is 725 g/mol. The molecule has 16 N–H and O–H groups in total. The number of hydrogen-bond donors (Lipinski definition) is 9. The maximum Gasteiger partial charge on any atom is 0.335 e. The number of carbonyl (C=O) groups is 1. The predicted octanol–water partition coefficient (Wildman–Crippen LogP) is 8.39. The Labute approximate surface area is 334 Å². The number of aliphatic imine (C=N–C) groups is 1. The number of H-pyrrole nitrogens is 1. The number of anilines is 7. The second-order valence-corrected chi connectivity index (χ2v) is 13.8. The molecule has 0 saturated heterocycles. The van der Waals surface area contributed by atoms with Gasteiger partial charge in [0.25, 0.3) is 0 Å². The number of fused-ring (bicyclic) bond motifs is 2. The van der Waals surface area contributed by atoms with E-state index in [1.165, 1.54) is 17.7 Å². The molecule has 0 fully saturated rings. The number of benzene rings is 7. The first-order valence-electron chi connectivity index (χ1n) is 18.2. The van der Waals surface area contributed by atoms with Gasteiger partial charge in [-0.25, -0.2) is 9.78 Å². The number of nitrogen functional groups attached to an aromatic ring is 7. The molecule has 1 aliphatic heterocycles. The molecule has 0 spiro atoms. The van der Waals surface area contributed by atoms with Crippen molar-refractivity contribution in [1.82, 2.24) is 9.97 Å². The minimum absolute atomic E-state index is 0.259. The van der Waals surface area contributed by atoms with Gasteiger partial charge in [-0.05, 0) is 137 Å². The fraction of sp³-hybridized carbons (Fsp3) is 0.0217. The van der Waals surface area contributed by atoms with Gasteiger partial charge >= 0.3 is 5.97 Å². The Kier molecular flexibility index (Phi) is 10.6. The maximum atomic E-state index is 10.3. The van der Waals surface area contributed by atoms with Crippen LogP contribution in [0, 0.1) is 0 Å². The summed E-state index contributed by atoms with van der Waals surface area (Å²) in [5.41, 5.74) is 56.0. The molecular formula is C46H42N10O2. The minimum Gasteiger partial charge on any atom is -0.478 e. The van der Waals surface area contributed by atoms with Crippen molar-refractivity contribution in [3.8, 4) is 33.6 Å². The van der Waals surface area contributed by atoms with Gasteiger partial charge in [-0.1, -0.05) is 42.5 Å². The van der Waals surface area contributed by atoms with Gasteiger partial charge < -0.3 is 50.2 Å². The Morgan fingerprint density at radius 1 is 0.500 bits per heavy atom. The number of nitrogens with one attached hydrogen (secondary N) is 1. The van der Waals surface area contributed by atoms with Crippen LogP contribution in [0.3, 0.4) is 0 Å². The summed E-state index contributed by atoms with van der Waals surface area (Å²) in [6.07, 6.45) is 0.837. The maximum absolute atomic E-state index is 10.3. The molecule has 0 atom stereocenters. The molecule has 12 nitrogen and oxygen atoms in total. The van der Waals surface area contributed by atoms with E-state index >= 15 is 0 Å². The molecule has 9 rings (SSSR count). The minimum atomic E-state index is -0.931. The number of aromatic amines is 1. The van der Waals surface area contributed by atoms with Gasteiger partial charge in [-0.2, -0.15) is 0 Å². The normalized spacial score (nSPS) is 11.4. The quantitative estimate of drug-likeness (QED) is 0.0755. The molecule has 1 aliphatic rings. The lowest BCUT2D eigenvalue weighted by Crippen LogP contribution is -2.00. The zero-order valence-electron chi connectivity index (χ0n) is 31.4. The van der Waals surface area contributed by atoms with E-state index < -0.39 is 5.97 Å². The number of aromatic nitrogens is 2. The van der Waals surface area contributed by atoms with Crippen LogP contribution in [-0.2, 0) is 6.42 Å². The van der Waals surface area contributed by atoms with Crippen LogP contribution in [0.15, 0.2) is 151 Å². The van der Waals surface area contributed by atoms with Crippen LogP contribution in [-0.4, -0.2) is 26.8 Å². The number of rotatable bonds is 5. The third-order valence-electron chi connectivity index (χ3n) is 9.61. The van der Waals surface area contributed by atoms with Crippen molar-refractivity contribution in [2.45, 2.75) is 6.42 Å². The average molecular weight is 767 g/mol. The highest BCUT2D eigenvalue weighted by molar-refractivity contribution is 6.07. The van der Waals surface area contributed by atoms with Crippen molar-refractivity contribution in [2.24, 2.45) is 4.99 Å². The topological polar surface area (TPSA) is 260 Å². The van der Waals surface area contributed by atoms with Crippen molar-refractivity contribution in [3.05, 3.63) is 162 Å². The van der Waals surface area contributed by atoms with Crippen molar-refractivity contribution in [1.29, 1.82) is 0 Å². The van der Waals surface area contributed by atoms with Gasteiger partial charge in [0, 0.05) is 29.0 Å². The van der Waals surface area contributed by atoms with E-state index in [1.807, 2.05) is 72.8 Å². The van der Waals surface area contributed by atoms with Crippen LogP contribution in [0.25, 0.3) is 44.7 Å². The van der Waals surface area contributed by atoms with Crippen molar-refractivity contribution in [2.75, 3.05) is 40.1 Å². The third-order valence-corrected chi connectivity index (χ3v) is 9.61. The molecule has 2 heterocycles. The Morgan fingerprint density at radius 3 is 1.52 bits per heavy atom. The van der Waals surface area contributed by atoms with Crippen molar-refractivity contribution >= 4 is 68.2 Å². The monoisotopic (exact) mass is 766 g/mol. The van der Waals surface area contributed by atoms with Crippen LogP contribution in [0.5, 0.6) is 0 Å². The smallest absolute Gasteiger partial charge is 0.335 e. The lowest BCUT2D eigenvalue weighted by atomic mass is 10.00. The summed E-state index contributed by atoms with van der Waals surface area (Å²) >= 11 is 0. The Morgan fingerprint density at radius 2 is 0.966 bits per heavy atom. The lowest BCUT2D eigenvalue weighted by molar-refractivity contribution is 0.0697. The number of nitrogens with two attached hydrogens (primary N) is 7. The molecule has 288 valence electrons. The summed E-state index contributed by atoms with van der Waals surface area (Å²) in [7, 11) is 0. The fourth-order valence-electron chi connectivity index (χ4n) is 6.31. The second-order valence-electron chi connectivity index (χ2n) is 13.8. The molecule has 0 saturated carbocycles. The Balaban J connectivity index is 0.000000163. The van der Waals surface area contributed by atoms with Crippen LogP contribution in [0.2, 0.25) is 0 Å². The van der Waals surface area contributed by atoms with E-state index in [1.54, 1.807) is 24.3 Å². The summed E-state index contributed by atoms with van der Waals surface area (Å²) in [5.74, 6) is -0.0937. The molecule has 0 aliphatic carbocycles. The highest BCUT2D eigenvalue weighted by Crippen LogP contribution is 2.35.